The highest BCUT2D eigenvalue weighted by molar-refractivity contribution is 9.10. The number of carbonyl (C=O) groups is 2. The van der Waals surface area contributed by atoms with E-state index in [0.29, 0.717) is 25.9 Å². The van der Waals surface area contributed by atoms with Crippen LogP contribution >= 0.6 is 15.9 Å². The average Bonchev–Trinajstić information content (AvgIpc) is 2.43. The van der Waals surface area contributed by atoms with Gasteiger partial charge in [0, 0.05) is 23.2 Å². The van der Waals surface area contributed by atoms with Gasteiger partial charge < -0.3 is 15.3 Å². The topological polar surface area (TPSA) is 69.6 Å². The third kappa shape index (κ3) is 3.56. The molecule has 0 aromatic heterocycles. The summed E-state index contributed by atoms with van der Waals surface area (Å²) in [5, 5.41) is 12.1. The monoisotopic (exact) mass is 354 g/mol. The van der Waals surface area contributed by atoms with Crippen LogP contribution in [0.2, 0.25) is 0 Å². The summed E-state index contributed by atoms with van der Waals surface area (Å²) in [6.45, 7) is 4.59. The number of piperidine rings is 1. The number of carboxylic acids is 1. The molecule has 1 fully saturated rings. The number of hydrogen-bond acceptors (Lipinski definition) is 2. The van der Waals surface area contributed by atoms with Gasteiger partial charge in [0.05, 0.1) is 5.41 Å². The van der Waals surface area contributed by atoms with Crippen LogP contribution in [-0.2, 0) is 4.79 Å². The Morgan fingerprint density at radius 3 is 2.52 bits per heavy atom. The highest BCUT2D eigenvalue weighted by Gasteiger charge is 2.38. The van der Waals surface area contributed by atoms with Crippen molar-refractivity contribution in [3.63, 3.8) is 0 Å². The number of carbonyl (C=O) groups excluding carboxylic acids is 1. The first-order chi connectivity index (χ1) is 9.82. The Morgan fingerprint density at radius 2 is 1.95 bits per heavy atom. The Bertz CT molecular complexity index is 566. The quantitative estimate of drug-likeness (QED) is 0.853. The smallest absolute Gasteiger partial charge is 0.321 e. The first-order valence-electron chi connectivity index (χ1n) is 6.87. The third-order valence-electron chi connectivity index (χ3n) is 4.11. The number of rotatable bonds is 2. The Hall–Kier alpha value is -1.56. The Balaban J connectivity index is 2.00. The number of likely N-dealkylation sites (tertiary alicyclic amines) is 1. The van der Waals surface area contributed by atoms with Crippen LogP contribution in [0.5, 0.6) is 0 Å². The highest BCUT2D eigenvalue weighted by Crippen LogP contribution is 2.31. The fraction of sp³-hybridized carbons (Fsp3) is 0.467. The number of aryl methyl sites for hydroxylation is 1. The van der Waals surface area contributed by atoms with Crippen LogP contribution in [0.25, 0.3) is 0 Å². The molecule has 2 N–H and O–H groups in total. The maximum atomic E-state index is 12.3. The normalized spacial score (nSPS) is 17.4. The second-order valence-electron chi connectivity index (χ2n) is 5.74. The SMILES string of the molecule is Cc1ccc(Br)cc1NC(=O)N1CCC(C)(C(=O)O)CC1. The molecule has 114 valence electrons. The molecule has 5 nitrogen and oxygen atoms in total. The zero-order valence-electron chi connectivity index (χ0n) is 12.1. The first-order valence-corrected chi connectivity index (χ1v) is 7.67. The van der Waals surface area contributed by atoms with E-state index in [2.05, 4.69) is 21.2 Å². The lowest BCUT2D eigenvalue weighted by Gasteiger charge is -2.36. The van der Waals surface area contributed by atoms with E-state index in [1.54, 1.807) is 11.8 Å². The minimum Gasteiger partial charge on any atom is -0.481 e. The molecule has 0 spiro atoms. The van der Waals surface area contributed by atoms with Crippen molar-refractivity contribution in [2.45, 2.75) is 26.7 Å². The number of aliphatic carboxylic acids is 1. The van der Waals surface area contributed by atoms with E-state index in [1.807, 2.05) is 25.1 Å². The van der Waals surface area contributed by atoms with E-state index >= 15 is 0 Å². The molecule has 21 heavy (non-hydrogen) atoms. The maximum absolute atomic E-state index is 12.3. The number of anilines is 1. The predicted molar refractivity (Wildman–Crippen MR) is 84.4 cm³/mol. The minimum atomic E-state index is -0.787. The van der Waals surface area contributed by atoms with E-state index in [1.165, 1.54) is 0 Å². The van der Waals surface area contributed by atoms with Gasteiger partial charge in [-0.1, -0.05) is 22.0 Å². The van der Waals surface area contributed by atoms with E-state index in [9.17, 15) is 14.7 Å². The molecule has 2 rings (SSSR count). The fourth-order valence-corrected chi connectivity index (χ4v) is 2.70. The van der Waals surface area contributed by atoms with Gasteiger partial charge in [0.2, 0.25) is 0 Å². The fourth-order valence-electron chi connectivity index (χ4n) is 2.34. The molecule has 0 radical (unpaired) electrons. The van der Waals surface area contributed by atoms with E-state index in [4.69, 9.17) is 0 Å². The minimum absolute atomic E-state index is 0.177. The van der Waals surface area contributed by atoms with Gasteiger partial charge in [-0.2, -0.15) is 0 Å². The van der Waals surface area contributed by atoms with Gasteiger partial charge in [0.15, 0.2) is 0 Å². The molecule has 0 bridgehead atoms. The van der Waals surface area contributed by atoms with Crippen molar-refractivity contribution >= 4 is 33.6 Å². The van der Waals surface area contributed by atoms with E-state index in [0.717, 1.165) is 15.7 Å². The number of nitrogens with zero attached hydrogens (tertiary/aromatic N) is 1. The van der Waals surface area contributed by atoms with Crippen LogP contribution in [0.4, 0.5) is 10.5 Å². The summed E-state index contributed by atoms with van der Waals surface area (Å²) in [6, 6.07) is 5.53. The van der Waals surface area contributed by atoms with Gasteiger partial charge in [-0.3, -0.25) is 4.79 Å². The summed E-state index contributed by atoms with van der Waals surface area (Å²) >= 11 is 3.38. The lowest BCUT2D eigenvalue weighted by atomic mass is 9.80. The third-order valence-corrected chi connectivity index (χ3v) is 4.60. The van der Waals surface area contributed by atoms with Gasteiger partial charge >= 0.3 is 12.0 Å². The van der Waals surface area contributed by atoms with E-state index < -0.39 is 11.4 Å². The number of hydrogen-bond donors (Lipinski definition) is 2. The molecule has 1 aromatic rings. The van der Waals surface area contributed by atoms with Gasteiger partial charge in [0.1, 0.15) is 0 Å². The zero-order valence-corrected chi connectivity index (χ0v) is 13.7. The summed E-state index contributed by atoms with van der Waals surface area (Å²) in [4.78, 5) is 25.1. The second kappa shape index (κ2) is 6.05. The molecule has 1 aliphatic rings. The highest BCUT2D eigenvalue weighted by atomic mass is 79.9. The van der Waals surface area contributed by atoms with Crippen molar-refractivity contribution in [3.8, 4) is 0 Å². The number of halogens is 1. The molecular formula is C15H19BrN2O3. The molecule has 1 aromatic carbocycles. The van der Waals surface area contributed by atoms with Crippen LogP contribution in [-0.4, -0.2) is 35.1 Å². The molecule has 0 aliphatic carbocycles. The van der Waals surface area contributed by atoms with Crippen molar-refractivity contribution in [3.05, 3.63) is 28.2 Å². The van der Waals surface area contributed by atoms with Crippen molar-refractivity contribution in [2.75, 3.05) is 18.4 Å². The molecule has 1 saturated heterocycles. The predicted octanol–water partition coefficient (Wildman–Crippen LogP) is 3.48. The van der Waals surface area contributed by atoms with Crippen LogP contribution in [0.1, 0.15) is 25.3 Å². The van der Waals surface area contributed by atoms with Crippen LogP contribution in [0.15, 0.2) is 22.7 Å². The van der Waals surface area contributed by atoms with Crippen molar-refractivity contribution in [2.24, 2.45) is 5.41 Å². The molecule has 1 heterocycles. The van der Waals surface area contributed by atoms with Crippen LogP contribution in [0, 0.1) is 12.3 Å². The Labute approximate surface area is 132 Å². The van der Waals surface area contributed by atoms with Gasteiger partial charge in [0.25, 0.3) is 0 Å². The van der Waals surface area contributed by atoms with Crippen LogP contribution < -0.4 is 5.32 Å². The lowest BCUT2D eigenvalue weighted by molar-refractivity contribution is -0.150. The van der Waals surface area contributed by atoms with Crippen molar-refractivity contribution < 1.29 is 14.7 Å². The van der Waals surface area contributed by atoms with Crippen LogP contribution in [0.3, 0.4) is 0 Å². The number of benzene rings is 1. The second-order valence-corrected chi connectivity index (χ2v) is 6.66. The van der Waals surface area contributed by atoms with Crippen molar-refractivity contribution in [1.29, 1.82) is 0 Å². The first kappa shape index (κ1) is 15.8. The molecule has 0 unspecified atom stereocenters. The molecule has 0 atom stereocenters. The summed E-state index contributed by atoms with van der Waals surface area (Å²) < 4.78 is 0.903. The standard InChI is InChI=1S/C15H19BrN2O3/c1-10-3-4-11(16)9-12(10)17-14(21)18-7-5-15(2,6-8-18)13(19)20/h3-4,9H,5-8H2,1-2H3,(H,17,21)(H,19,20). The number of urea groups is 1. The number of nitrogens with one attached hydrogen (secondary N) is 1. The maximum Gasteiger partial charge on any atom is 0.321 e. The zero-order chi connectivity index (χ0) is 15.6. The number of carboxylic acid groups (broad SMARTS) is 1. The summed E-state index contributed by atoms with van der Waals surface area (Å²) in [6.07, 6.45) is 0.959. The van der Waals surface area contributed by atoms with Crippen molar-refractivity contribution in [1.82, 2.24) is 4.90 Å². The largest absolute Gasteiger partial charge is 0.481 e. The molecular weight excluding hydrogens is 336 g/mol. The van der Waals surface area contributed by atoms with E-state index in [-0.39, 0.29) is 6.03 Å². The summed E-state index contributed by atoms with van der Waals surface area (Å²) in [7, 11) is 0. The summed E-state index contributed by atoms with van der Waals surface area (Å²) in [5.41, 5.74) is 1.03. The molecule has 1 aliphatic heterocycles. The van der Waals surface area contributed by atoms with Gasteiger partial charge in [-0.15, -0.1) is 0 Å². The Morgan fingerprint density at radius 1 is 1.33 bits per heavy atom. The number of amides is 2. The average molecular weight is 355 g/mol. The molecule has 6 heteroatoms. The summed E-state index contributed by atoms with van der Waals surface area (Å²) in [5.74, 6) is -0.787. The van der Waals surface area contributed by atoms with Gasteiger partial charge in [-0.05, 0) is 44.4 Å². The Kier molecular flexibility index (Phi) is 4.56. The molecule has 2 amide bonds. The lowest BCUT2D eigenvalue weighted by Crippen LogP contribution is -2.46. The van der Waals surface area contributed by atoms with Gasteiger partial charge in [-0.25, -0.2) is 4.79 Å². The molecule has 0 saturated carbocycles.